The zero-order chi connectivity index (χ0) is 9.97. The molecule has 2 heterocycles. The number of anilines is 1. The number of hydrogen-bond donors (Lipinski definition) is 1. The quantitative estimate of drug-likeness (QED) is 0.454. The van der Waals surface area contributed by atoms with E-state index in [0.717, 1.165) is 17.9 Å². The van der Waals surface area contributed by atoms with Gasteiger partial charge in [-0.25, -0.2) is 9.97 Å². The number of rotatable bonds is 1. The van der Waals surface area contributed by atoms with Crippen LogP contribution in [-0.4, -0.2) is 29.4 Å². The molecule has 0 radical (unpaired) electrons. The van der Waals surface area contributed by atoms with E-state index in [1.54, 1.807) is 0 Å². The van der Waals surface area contributed by atoms with Crippen LogP contribution in [0.5, 0.6) is 0 Å². The van der Waals surface area contributed by atoms with E-state index in [-0.39, 0.29) is 0 Å². The summed E-state index contributed by atoms with van der Waals surface area (Å²) in [6.07, 6.45) is 1.92. The third kappa shape index (κ3) is 1.94. The second-order valence-corrected chi connectivity index (χ2v) is 3.94. The van der Waals surface area contributed by atoms with E-state index < -0.39 is 0 Å². The molecular formula is C8H10ClN3OS. The fourth-order valence-electron chi connectivity index (χ4n) is 1.22. The van der Waals surface area contributed by atoms with Crippen LogP contribution in [-0.2, 0) is 11.3 Å². The summed E-state index contributed by atoms with van der Waals surface area (Å²) in [6, 6.07) is 0. The Morgan fingerprint density at radius 3 is 3.14 bits per heavy atom. The average molecular weight is 232 g/mol. The van der Waals surface area contributed by atoms with Gasteiger partial charge in [-0.15, -0.1) is 0 Å². The first-order valence-electron chi connectivity index (χ1n) is 4.23. The molecule has 1 aliphatic rings. The molecule has 0 aliphatic carbocycles. The van der Waals surface area contributed by atoms with Crippen molar-refractivity contribution in [1.82, 2.24) is 9.97 Å². The molecule has 1 aromatic rings. The summed E-state index contributed by atoms with van der Waals surface area (Å²) in [7, 11) is 0. The van der Waals surface area contributed by atoms with Gasteiger partial charge in [0, 0.05) is 6.54 Å². The highest BCUT2D eigenvalue weighted by Gasteiger charge is 2.15. The topological polar surface area (TPSA) is 47.0 Å². The summed E-state index contributed by atoms with van der Waals surface area (Å²) in [4.78, 5) is 8.47. The van der Waals surface area contributed by atoms with Gasteiger partial charge in [-0.1, -0.05) is 23.4 Å². The maximum absolute atomic E-state index is 6.01. The molecule has 0 aromatic carbocycles. The Bertz CT molecular complexity index is 348. The Hall–Kier alpha value is -0.520. The fourth-order valence-corrected chi connectivity index (χ4v) is 1.86. The van der Waals surface area contributed by atoms with E-state index in [0.29, 0.717) is 23.5 Å². The minimum absolute atomic E-state index is 0.480. The average Bonchev–Trinajstić information content (AvgIpc) is 2.42. The van der Waals surface area contributed by atoms with E-state index >= 15 is 0 Å². The molecule has 1 N–H and O–H groups in total. The van der Waals surface area contributed by atoms with Crippen molar-refractivity contribution in [1.29, 1.82) is 0 Å². The highest BCUT2D eigenvalue weighted by atomic mass is 35.5. The Balaban J connectivity index is 2.43. The van der Waals surface area contributed by atoms with Gasteiger partial charge in [-0.05, 0) is 6.26 Å². The lowest BCUT2D eigenvalue weighted by Gasteiger charge is -2.07. The number of halogens is 1. The number of fused-ring (bicyclic) bond motifs is 1. The van der Waals surface area contributed by atoms with Crippen LogP contribution in [0.3, 0.4) is 0 Å². The Kier molecular flexibility index (Phi) is 3.10. The summed E-state index contributed by atoms with van der Waals surface area (Å²) < 4.78 is 5.34. The van der Waals surface area contributed by atoms with Crippen LogP contribution in [0.25, 0.3) is 0 Å². The highest BCUT2D eigenvalue weighted by Crippen LogP contribution is 2.26. The molecule has 0 saturated carbocycles. The summed E-state index contributed by atoms with van der Waals surface area (Å²) >= 11 is 7.49. The molecule has 0 atom stereocenters. The number of nitrogens with zero attached hydrogens (tertiary/aromatic N) is 2. The van der Waals surface area contributed by atoms with Crippen LogP contribution in [0, 0.1) is 0 Å². The molecular weight excluding hydrogens is 222 g/mol. The van der Waals surface area contributed by atoms with Gasteiger partial charge in [0.05, 0.1) is 18.8 Å². The van der Waals surface area contributed by atoms with Crippen molar-refractivity contribution in [2.75, 3.05) is 24.7 Å². The van der Waals surface area contributed by atoms with Gasteiger partial charge in [0.2, 0.25) is 0 Å². The van der Waals surface area contributed by atoms with Crippen LogP contribution in [0.2, 0.25) is 5.15 Å². The van der Waals surface area contributed by atoms with Crippen molar-refractivity contribution in [3.63, 3.8) is 0 Å². The van der Waals surface area contributed by atoms with Gasteiger partial charge >= 0.3 is 0 Å². The maximum Gasteiger partial charge on any atom is 0.190 e. The van der Waals surface area contributed by atoms with Gasteiger partial charge in [-0.3, -0.25) is 0 Å². The molecule has 76 valence electrons. The lowest BCUT2D eigenvalue weighted by atomic mass is 10.3. The van der Waals surface area contributed by atoms with E-state index in [1.165, 1.54) is 11.8 Å². The molecule has 0 unspecified atom stereocenters. The van der Waals surface area contributed by atoms with Crippen LogP contribution in [0.15, 0.2) is 5.16 Å². The van der Waals surface area contributed by atoms with Crippen molar-refractivity contribution in [2.45, 2.75) is 11.8 Å². The summed E-state index contributed by atoms with van der Waals surface area (Å²) in [5, 5.41) is 4.33. The molecule has 14 heavy (non-hydrogen) atoms. The number of thioether (sulfide) groups is 1. The minimum atomic E-state index is 0.480. The minimum Gasteiger partial charge on any atom is -0.375 e. The molecule has 0 saturated heterocycles. The zero-order valence-corrected chi connectivity index (χ0v) is 9.28. The third-order valence-corrected chi connectivity index (χ3v) is 2.76. The lowest BCUT2D eigenvalue weighted by molar-refractivity contribution is 0.134. The third-order valence-electron chi connectivity index (χ3n) is 1.90. The van der Waals surface area contributed by atoms with Gasteiger partial charge < -0.3 is 10.1 Å². The van der Waals surface area contributed by atoms with Gasteiger partial charge in [0.1, 0.15) is 11.0 Å². The van der Waals surface area contributed by atoms with E-state index in [2.05, 4.69) is 15.3 Å². The van der Waals surface area contributed by atoms with Crippen LogP contribution >= 0.6 is 23.4 Å². The smallest absolute Gasteiger partial charge is 0.190 e. The van der Waals surface area contributed by atoms with E-state index in [9.17, 15) is 0 Å². The van der Waals surface area contributed by atoms with Crippen molar-refractivity contribution < 1.29 is 4.74 Å². The summed E-state index contributed by atoms with van der Waals surface area (Å²) in [5.74, 6) is 0.798. The van der Waals surface area contributed by atoms with Gasteiger partial charge in [0.25, 0.3) is 0 Å². The lowest BCUT2D eigenvalue weighted by Crippen LogP contribution is -2.06. The van der Waals surface area contributed by atoms with E-state index in [4.69, 9.17) is 16.3 Å². The number of ether oxygens (including phenoxy) is 1. The first-order valence-corrected chi connectivity index (χ1v) is 5.83. The van der Waals surface area contributed by atoms with Gasteiger partial charge in [0.15, 0.2) is 5.16 Å². The first kappa shape index (κ1) is 10.0. The Morgan fingerprint density at radius 1 is 1.50 bits per heavy atom. The second-order valence-electron chi connectivity index (χ2n) is 2.81. The monoisotopic (exact) mass is 231 g/mol. The predicted octanol–water partition coefficient (Wildman–Crippen LogP) is 1.79. The Labute approximate surface area is 91.4 Å². The largest absolute Gasteiger partial charge is 0.375 e. The van der Waals surface area contributed by atoms with Crippen molar-refractivity contribution in [3.8, 4) is 0 Å². The molecule has 0 amide bonds. The molecule has 1 aromatic heterocycles. The maximum atomic E-state index is 6.01. The molecule has 1 aliphatic heterocycles. The molecule has 0 fully saturated rings. The zero-order valence-electron chi connectivity index (χ0n) is 7.71. The van der Waals surface area contributed by atoms with Crippen LogP contribution in [0.1, 0.15) is 5.56 Å². The summed E-state index contributed by atoms with van der Waals surface area (Å²) in [6.45, 7) is 1.91. The van der Waals surface area contributed by atoms with Crippen molar-refractivity contribution in [3.05, 3.63) is 10.7 Å². The molecule has 6 heteroatoms. The fraction of sp³-hybridized carbons (Fsp3) is 0.500. The van der Waals surface area contributed by atoms with Crippen molar-refractivity contribution >= 4 is 29.2 Å². The SMILES string of the molecule is CSc1nc(Cl)c2c(n1)NCCOC2. The van der Waals surface area contributed by atoms with E-state index in [1.807, 2.05) is 6.26 Å². The molecule has 0 bridgehead atoms. The Morgan fingerprint density at radius 2 is 2.36 bits per heavy atom. The highest BCUT2D eigenvalue weighted by molar-refractivity contribution is 7.98. The molecule has 2 rings (SSSR count). The first-order chi connectivity index (χ1) is 6.81. The van der Waals surface area contributed by atoms with Crippen LogP contribution < -0.4 is 5.32 Å². The number of nitrogens with one attached hydrogen (secondary N) is 1. The normalized spacial score (nSPS) is 15.6. The number of aromatic nitrogens is 2. The summed E-state index contributed by atoms with van der Waals surface area (Å²) in [5.41, 5.74) is 0.849. The molecule has 0 spiro atoms. The second kappa shape index (κ2) is 4.33. The predicted molar refractivity (Wildman–Crippen MR) is 57.0 cm³/mol. The van der Waals surface area contributed by atoms with Gasteiger partial charge in [-0.2, -0.15) is 0 Å². The van der Waals surface area contributed by atoms with Crippen molar-refractivity contribution in [2.24, 2.45) is 0 Å². The standard InChI is InChI=1S/C8H10ClN3OS/c1-14-8-11-6(9)5-4-13-3-2-10-7(5)12-8/h2-4H2,1H3,(H,10,11,12). The van der Waals surface area contributed by atoms with Crippen LogP contribution in [0.4, 0.5) is 5.82 Å². The molecule has 4 nitrogen and oxygen atoms in total. The number of hydrogen-bond acceptors (Lipinski definition) is 5.